The van der Waals surface area contributed by atoms with Crippen LogP contribution < -0.4 is 5.32 Å². The van der Waals surface area contributed by atoms with Gasteiger partial charge >= 0.3 is 0 Å². The molecule has 1 aromatic rings. The Morgan fingerprint density at radius 3 is 3.11 bits per heavy atom. The van der Waals surface area contributed by atoms with E-state index >= 15 is 0 Å². The molecule has 0 atom stereocenters. The maximum absolute atomic E-state index is 12.1. The van der Waals surface area contributed by atoms with Gasteiger partial charge in [-0.15, -0.1) is 0 Å². The number of ether oxygens (including phenoxy) is 1. The van der Waals surface area contributed by atoms with Crippen LogP contribution in [0.15, 0.2) is 12.4 Å². The summed E-state index contributed by atoms with van der Waals surface area (Å²) in [6.45, 7) is 2.47. The molecule has 0 unspecified atom stereocenters. The summed E-state index contributed by atoms with van der Waals surface area (Å²) >= 11 is 0. The fraction of sp³-hybridized carbons (Fsp3) is 0.692. The van der Waals surface area contributed by atoms with Crippen molar-refractivity contribution in [1.29, 1.82) is 0 Å². The molecule has 0 aromatic carbocycles. The minimum atomic E-state index is 0.152. The molecule has 2 rings (SSSR count). The maximum atomic E-state index is 12.1. The lowest BCUT2D eigenvalue weighted by atomic mass is 10.4. The van der Waals surface area contributed by atoms with Crippen molar-refractivity contribution in [2.75, 3.05) is 27.3 Å². The normalized spacial score (nSPS) is 14.6. The molecule has 0 bridgehead atoms. The minimum absolute atomic E-state index is 0.152. The first-order valence-corrected chi connectivity index (χ1v) is 6.67. The molecular formula is C13H22N4O2. The van der Waals surface area contributed by atoms with Crippen LogP contribution in [-0.2, 0) is 22.6 Å². The van der Waals surface area contributed by atoms with E-state index in [4.69, 9.17) is 4.74 Å². The molecule has 0 aliphatic heterocycles. The third-order valence-corrected chi connectivity index (χ3v) is 3.36. The van der Waals surface area contributed by atoms with E-state index in [9.17, 15) is 4.79 Å². The summed E-state index contributed by atoms with van der Waals surface area (Å²) in [5, 5.41) is 3.23. The van der Waals surface area contributed by atoms with E-state index in [-0.39, 0.29) is 5.91 Å². The Kier molecular flexibility index (Phi) is 4.93. The maximum Gasteiger partial charge on any atom is 0.242 e. The van der Waals surface area contributed by atoms with Crippen LogP contribution in [0.2, 0.25) is 0 Å². The van der Waals surface area contributed by atoms with Gasteiger partial charge in [0, 0.05) is 39.1 Å². The number of aromatic nitrogens is 2. The molecule has 1 amide bonds. The molecule has 1 heterocycles. The highest BCUT2D eigenvalue weighted by Gasteiger charge is 2.29. The van der Waals surface area contributed by atoms with Gasteiger partial charge in [-0.2, -0.15) is 0 Å². The van der Waals surface area contributed by atoms with Gasteiger partial charge in [0.25, 0.3) is 0 Å². The highest BCUT2D eigenvalue weighted by molar-refractivity contribution is 5.76. The van der Waals surface area contributed by atoms with Crippen LogP contribution in [0.1, 0.15) is 18.7 Å². The number of nitrogens with zero attached hydrogens (tertiary/aromatic N) is 3. The Morgan fingerprint density at radius 2 is 2.42 bits per heavy atom. The van der Waals surface area contributed by atoms with Crippen molar-refractivity contribution in [3.8, 4) is 0 Å². The first kappa shape index (κ1) is 14.0. The molecule has 6 nitrogen and oxygen atoms in total. The zero-order chi connectivity index (χ0) is 13.7. The third-order valence-electron chi connectivity index (χ3n) is 3.36. The molecule has 6 heteroatoms. The fourth-order valence-corrected chi connectivity index (χ4v) is 1.95. The summed E-state index contributed by atoms with van der Waals surface area (Å²) in [5.74, 6) is 1.03. The Labute approximate surface area is 113 Å². The smallest absolute Gasteiger partial charge is 0.242 e. The highest BCUT2D eigenvalue weighted by atomic mass is 16.5. The van der Waals surface area contributed by atoms with E-state index in [0.29, 0.717) is 25.7 Å². The predicted molar refractivity (Wildman–Crippen MR) is 71.6 cm³/mol. The average Bonchev–Trinajstić information content (AvgIpc) is 3.16. The average molecular weight is 266 g/mol. The van der Waals surface area contributed by atoms with Crippen LogP contribution in [0.25, 0.3) is 0 Å². The van der Waals surface area contributed by atoms with Crippen molar-refractivity contribution in [2.45, 2.75) is 32.0 Å². The van der Waals surface area contributed by atoms with Crippen LogP contribution in [0.5, 0.6) is 0 Å². The molecule has 1 aliphatic rings. The number of likely N-dealkylation sites (N-methyl/N-ethyl adjacent to an activating group) is 1. The predicted octanol–water partition coefficient (Wildman–Crippen LogP) is 0.240. The Balaban J connectivity index is 1.82. The second kappa shape index (κ2) is 6.68. The van der Waals surface area contributed by atoms with E-state index in [1.165, 1.54) is 0 Å². The summed E-state index contributed by atoms with van der Waals surface area (Å²) in [5.41, 5.74) is 0. The molecular weight excluding hydrogens is 244 g/mol. The molecule has 0 saturated heterocycles. The van der Waals surface area contributed by atoms with Gasteiger partial charge in [-0.25, -0.2) is 4.98 Å². The lowest BCUT2D eigenvalue weighted by Gasteiger charge is -2.17. The number of carbonyl (C=O) groups is 1. The second-order valence-electron chi connectivity index (χ2n) is 4.88. The van der Waals surface area contributed by atoms with Crippen LogP contribution in [0.4, 0.5) is 0 Å². The summed E-state index contributed by atoms with van der Waals surface area (Å²) < 4.78 is 6.87. The van der Waals surface area contributed by atoms with Crippen molar-refractivity contribution in [3.05, 3.63) is 18.2 Å². The molecule has 1 aliphatic carbocycles. The van der Waals surface area contributed by atoms with Gasteiger partial charge in [-0.3, -0.25) is 4.79 Å². The molecule has 1 saturated carbocycles. The van der Waals surface area contributed by atoms with Gasteiger partial charge < -0.3 is 19.5 Å². The number of carbonyl (C=O) groups excluding carboxylic acids is 1. The fourth-order valence-electron chi connectivity index (χ4n) is 1.95. The van der Waals surface area contributed by atoms with Crippen molar-refractivity contribution >= 4 is 5.91 Å². The number of nitrogens with one attached hydrogen (secondary N) is 1. The molecule has 1 fully saturated rings. The van der Waals surface area contributed by atoms with Crippen molar-refractivity contribution in [2.24, 2.45) is 0 Å². The van der Waals surface area contributed by atoms with E-state index in [2.05, 4.69) is 10.3 Å². The van der Waals surface area contributed by atoms with Gasteiger partial charge in [0.05, 0.1) is 13.2 Å². The van der Waals surface area contributed by atoms with E-state index in [1.54, 1.807) is 13.3 Å². The van der Waals surface area contributed by atoms with Crippen molar-refractivity contribution < 1.29 is 9.53 Å². The molecule has 106 valence electrons. The molecule has 19 heavy (non-hydrogen) atoms. The van der Waals surface area contributed by atoms with Crippen LogP contribution in [0.3, 0.4) is 0 Å². The standard InChI is InChI=1S/C13H22N4O2/c1-16(11-3-4-11)13(18)10-17-7-5-15-12(17)9-14-6-8-19-2/h5,7,11,14H,3-4,6,8-10H2,1-2H3. The second-order valence-corrected chi connectivity index (χ2v) is 4.88. The Hall–Kier alpha value is -1.40. The van der Waals surface area contributed by atoms with E-state index in [1.807, 2.05) is 22.7 Å². The topological polar surface area (TPSA) is 59.4 Å². The van der Waals surface area contributed by atoms with Crippen LogP contribution in [-0.4, -0.2) is 53.7 Å². The van der Waals surface area contributed by atoms with Crippen molar-refractivity contribution in [3.63, 3.8) is 0 Å². The van der Waals surface area contributed by atoms with Gasteiger partial charge in [-0.1, -0.05) is 0 Å². The minimum Gasteiger partial charge on any atom is -0.383 e. The zero-order valence-electron chi connectivity index (χ0n) is 11.6. The van der Waals surface area contributed by atoms with Crippen LogP contribution in [0, 0.1) is 0 Å². The van der Waals surface area contributed by atoms with Crippen LogP contribution >= 0.6 is 0 Å². The Bertz CT molecular complexity index is 415. The Morgan fingerprint density at radius 1 is 1.63 bits per heavy atom. The third kappa shape index (κ3) is 4.04. The molecule has 1 aromatic heterocycles. The largest absolute Gasteiger partial charge is 0.383 e. The SMILES string of the molecule is COCCNCc1nccn1CC(=O)N(C)C1CC1. The molecule has 0 radical (unpaired) electrons. The number of hydrogen-bond donors (Lipinski definition) is 1. The van der Waals surface area contributed by atoms with Crippen molar-refractivity contribution in [1.82, 2.24) is 19.8 Å². The number of amides is 1. The zero-order valence-corrected chi connectivity index (χ0v) is 11.6. The van der Waals surface area contributed by atoms with E-state index in [0.717, 1.165) is 25.2 Å². The monoisotopic (exact) mass is 266 g/mol. The van der Waals surface area contributed by atoms with Gasteiger partial charge in [-0.05, 0) is 12.8 Å². The summed E-state index contributed by atoms with van der Waals surface area (Å²) in [4.78, 5) is 18.2. The highest BCUT2D eigenvalue weighted by Crippen LogP contribution is 2.25. The quantitative estimate of drug-likeness (QED) is 0.685. The summed E-state index contributed by atoms with van der Waals surface area (Å²) in [6, 6.07) is 0.458. The number of imidazole rings is 1. The van der Waals surface area contributed by atoms with E-state index < -0.39 is 0 Å². The molecule has 0 spiro atoms. The number of rotatable bonds is 8. The van der Waals surface area contributed by atoms with Gasteiger partial charge in [0.15, 0.2) is 0 Å². The lowest BCUT2D eigenvalue weighted by Crippen LogP contribution is -2.32. The summed E-state index contributed by atoms with van der Waals surface area (Å²) in [7, 11) is 3.56. The first-order chi connectivity index (χ1) is 9.22. The molecule has 1 N–H and O–H groups in total. The number of methoxy groups -OCH3 is 1. The first-order valence-electron chi connectivity index (χ1n) is 6.67. The number of hydrogen-bond acceptors (Lipinski definition) is 4. The van der Waals surface area contributed by atoms with Gasteiger partial charge in [0.2, 0.25) is 5.91 Å². The lowest BCUT2D eigenvalue weighted by molar-refractivity contribution is -0.131. The van der Waals surface area contributed by atoms with Gasteiger partial charge in [0.1, 0.15) is 12.4 Å². The summed E-state index contributed by atoms with van der Waals surface area (Å²) in [6.07, 6.45) is 5.86.